The van der Waals surface area contributed by atoms with Crippen molar-refractivity contribution >= 4 is 34.3 Å². The molecule has 0 fully saturated rings. The lowest BCUT2D eigenvalue weighted by molar-refractivity contribution is 0.945. The van der Waals surface area contributed by atoms with Gasteiger partial charge in [0.05, 0.1) is 16.0 Å². The van der Waals surface area contributed by atoms with Gasteiger partial charge in [-0.15, -0.1) is 23.5 Å². The van der Waals surface area contributed by atoms with Crippen LogP contribution in [0.1, 0.15) is 13.3 Å². The average molecular weight is 252 g/mol. The summed E-state index contributed by atoms with van der Waals surface area (Å²) in [4.78, 5) is 6.01. The van der Waals surface area contributed by atoms with E-state index in [1.165, 1.54) is 9.94 Å². The largest absolute Gasteiger partial charge is 0.330 e. The van der Waals surface area contributed by atoms with Crippen molar-refractivity contribution in [1.82, 2.24) is 0 Å². The van der Waals surface area contributed by atoms with Crippen LogP contribution in [-0.4, -0.2) is 22.6 Å². The standard InChI is InChI=1S/C12H16N2S2/c1-9-12(15-8-4-7-13)14-10-5-2-3-6-11(10)16-9/h2-3,5-6,9H,4,7-8,13H2,1H3. The molecule has 2 nitrogen and oxygen atoms in total. The quantitative estimate of drug-likeness (QED) is 0.839. The average Bonchev–Trinajstić information content (AvgIpc) is 2.30. The van der Waals surface area contributed by atoms with E-state index in [1.54, 1.807) is 0 Å². The third-order valence-corrected chi connectivity index (χ3v) is 4.90. The molecule has 0 aliphatic carbocycles. The molecular formula is C12H16N2S2. The Morgan fingerprint density at radius 3 is 3.06 bits per heavy atom. The van der Waals surface area contributed by atoms with Gasteiger partial charge in [0.1, 0.15) is 0 Å². The first-order valence-corrected chi connectivity index (χ1v) is 7.35. The highest BCUT2D eigenvalue weighted by atomic mass is 32.2. The van der Waals surface area contributed by atoms with E-state index < -0.39 is 0 Å². The van der Waals surface area contributed by atoms with E-state index in [4.69, 9.17) is 10.7 Å². The number of hydrogen-bond donors (Lipinski definition) is 1. The van der Waals surface area contributed by atoms with Crippen molar-refractivity contribution < 1.29 is 0 Å². The van der Waals surface area contributed by atoms with Crippen LogP contribution in [0.2, 0.25) is 0 Å². The lowest BCUT2D eigenvalue weighted by atomic mass is 10.3. The molecule has 0 radical (unpaired) electrons. The maximum Gasteiger partial charge on any atom is 0.0870 e. The molecule has 1 aromatic carbocycles. The second-order valence-electron chi connectivity index (χ2n) is 3.67. The molecule has 2 N–H and O–H groups in total. The minimum Gasteiger partial charge on any atom is -0.330 e. The summed E-state index contributed by atoms with van der Waals surface area (Å²) >= 11 is 3.74. The maximum atomic E-state index is 5.50. The predicted octanol–water partition coefficient (Wildman–Crippen LogP) is 3.29. The van der Waals surface area contributed by atoms with Gasteiger partial charge in [0.25, 0.3) is 0 Å². The first-order chi connectivity index (χ1) is 7.81. The fourth-order valence-electron chi connectivity index (χ4n) is 1.51. The fourth-order valence-corrected chi connectivity index (χ4v) is 3.70. The molecule has 1 aromatic rings. The Kier molecular flexibility index (Phi) is 4.32. The lowest BCUT2D eigenvalue weighted by Gasteiger charge is -2.20. The third-order valence-electron chi connectivity index (χ3n) is 2.35. The van der Waals surface area contributed by atoms with Crippen molar-refractivity contribution in [2.75, 3.05) is 12.3 Å². The van der Waals surface area contributed by atoms with Crippen molar-refractivity contribution in [2.45, 2.75) is 23.5 Å². The molecular weight excluding hydrogens is 236 g/mol. The molecule has 16 heavy (non-hydrogen) atoms. The van der Waals surface area contributed by atoms with Gasteiger partial charge in [-0.2, -0.15) is 0 Å². The maximum absolute atomic E-state index is 5.50. The summed E-state index contributed by atoms with van der Waals surface area (Å²) in [6, 6.07) is 8.33. The van der Waals surface area contributed by atoms with Crippen molar-refractivity contribution in [1.29, 1.82) is 0 Å². The number of nitrogens with zero attached hydrogens (tertiary/aromatic N) is 1. The molecule has 1 aliphatic rings. The molecule has 1 atom stereocenters. The van der Waals surface area contributed by atoms with Crippen LogP contribution < -0.4 is 5.73 Å². The Bertz CT molecular complexity index is 390. The number of benzene rings is 1. The molecule has 86 valence electrons. The van der Waals surface area contributed by atoms with E-state index in [2.05, 4.69) is 25.1 Å². The number of fused-ring (bicyclic) bond motifs is 1. The zero-order valence-corrected chi connectivity index (χ0v) is 11.0. The van der Waals surface area contributed by atoms with E-state index in [0.29, 0.717) is 5.25 Å². The van der Waals surface area contributed by atoms with Gasteiger partial charge in [0.15, 0.2) is 0 Å². The lowest BCUT2D eigenvalue weighted by Crippen LogP contribution is -2.13. The molecule has 0 saturated carbocycles. The molecule has 1 heterocycles. The second-order valence-corrected chi connectivity index (χ2v) is 6.17. The number of thioether (sulfide) groups is 2. The molecule has 0 amide bonds. The molecule has 4 heteroatoms. The van der Waals surface area contributed by atoms with Gasteiger partial charge in [-0.05, 0) is 32.0 Å². The first-order valence-electron chi connectivity index (χ1n) is 5.48. The molecule has 1 aliphatic heterocycles. The van der Waals surface area contributed by atoms with Crippen molar-refractivity contribution in [3.8, 4) is 0 Å². The molecule has 0 aromatic heterocycles. The normalized spacial score (nSPS) is 19.1. The molecule has 0 bridgehead atoms. The van der Waals surface area contributed by atoms with Gasteiger partial charge >= 0.3 is 0 Å². The highest BCUT2D eigenvalue weighted by Crippen LogP contribution is 2.39. The van der Waals surface area contributed by atoms with E-state index in [0.717, 1.165) is 24.4 Å². The SMILES string of the molecule is CC1Sc2ccccc2N=C1SCCCN. The summed E-state index contributed by atoms with van der Waals surface area (Å²) in [7, 11) is 0. The molecule has 0 spiro atoms. The summed E-state index contributed by atoms with van der Waals surface area (Å²) in [5.74, 6) is 1.07. The number of para-hydroxylation sites is 1. The molecule has 1 unspecified atom stereocenters. The zero-order chi connectivity index (χ0) is 11.4. The smallest absolute Gasteiger partial charge is 0.0870 e. The van der Waals surface area contributed by atoms with Gasteiger partial charge < -0.3 is 5.73 Å². The number of rotatable bonds is 3. The highest BCUT2D eigenvalue weighted by molar-refractivity contribution is 8.16. The highest BCUT2D eigenvalue weighted by Gasteiger charge is 2.19. The van der Waals surface area contributed by atoms with E-state index in [-0.39, 0.29) is 0 Å². The molecule has 2 rings (SSSR count). The van der Waals surface area contributed by atoms with Crippen LogP contribution in [0, 0.1) is 0 Å². The topological polar surface area (TPSA) is 38.4 Å². The van der Waals surface area contributed by atoms with E-state index in [1.807, 2.05) is 29.6 Å². The Balaban J connectivity index is 2.11. The Hall–Kier alpha value is -0.450. The van der Waals surface area contributed by atoms with E-state index in [9.17, 15) is 0 Å². The Morgan fingerprint density at radius 2 is 2.25 bits per heavy atom. The van der Waals surface area contributed by atoms with Gasteiger partial charge in [0.2, 0.25) is 0 Å². The van der Waals surface area contributed by atoms with Gasteiger partial charge in [-0.3, -0.25) is 0 Å². The third kappa shape index (κ3) is 2.81. The number of nitrogens with two attached hydrogens (primary N) is 1. The monoisotopic (exact) mass is 252 g/mol. The summed E-state index contributed by atoms with van der Waals surface area (Å²) in [6.45, 7) is 2.98. The minimum absolute atomic E-state index is 0.470. The van der Waals surface area contributed by atoms with Gasteiger partial charge in [-0.25, -0.2) is 4.99 Å². The van der Waals surface area contributed by atoms with Crippen molar-refractivity contribution in [3.63, 3.8) is 0 Å². The van der Waals surface area contributed by atoms with Crippen molar-refractivity contribution in [2.24, 2.45) is 10.7 Å². The van der Waals surface area contributed by atoms with Crippen LogP contribution in [0.25, 0.3) is 0 Å². The minimum atomic E-state index is 0.470. The fraction of sp³-hybridized carbons (Fsp3) is 0.417. The Labute approximate surface area is 105 Å². The zero-order valence-electron chi connectivity index (χ0n) is 9.35. The first kappa shape index (κ1) is 12.0. The van der Waals surface area contributed by atoms with Crippen LogP contribution in [0.5, 0.6) is 0 Å². The van der Waals surface area contributed by atoms with Crippen LogP contribution in [-0.2, 0) is 0 Å². The second kappa shape index (κ2) is 5.75. The summed E-state index contributed by atoms with van der Waals surface area (Å²) in [6.07, 6.45) is 1.06. The Morgan fingerprint density at radius 1 is 1.44 bits per heavy atom. The summed E-state index contributed by atoms with van der Waals surface area (Å²) < 4.78 is 0. The number of hydrogen-bond acceptors (Lipinski definition) is 4. The van der Waals surface area contributed by atoms with Crippen LogP contribution in [0.15, 0.2) is 34.2 Å². The van der Waals surface area contributed by atoms with Gasteiger partial charge in [-0.1, -0.05) is 12.1 Å². The van der Waals surface area contributed by atoms with Crippen LogP contribution in [0.4, 0.5) is 5.69 Å². The predicted molar refractivity (Wildman–Crippen MR) is 75.0 cm³/mol. The molecule has 0 saturated heterocycles. The van der Waals surface area contributed by atoms with E-state index >= 15 is 0 Å². The van der Waals surface area contributed by atoms with Crippen molar-refractivity contribution in [3.05, 3.63) is 24.3 Å². The van der Waals surface area contributed by atoms with Gasteiger partial charge in [0, 0.05) is 10.6 Å². The summed E-state index contributed by atoms with van der Waals surface area (Å²) in [5.41, 5.74) is 6.61. The van der Waals surface area contributed by atoms with Crippen LogP contribution >= 0.6 is 23.5 Å². The number of aliphatic imine (C=N–C) groups is 1. The van der Waals surface area contributed by atoms with Crippen LogP contribution in [0.3, 0.4) is 0 Å². The summed E-state index contributed by atoms with van der Waals surface area (Å²) in [5, 5.41) is 1.70.